The number of hydrogen-bond acceptors (Lipinski definition) is 5. The molecule has 2 aromatic carbocycles. The number of H-pyrrole nitrogens is 1. The molecule has 0 fully saturated rings. The van der Waals surface area contributed by atoms with E-state index >= 15 is 0 Å². The van der Waals surface area contributed by atoms with Crippen molar-refractivity contribution < 1.29 is 14.3 Å². The second-order valence-corrected chi connectivity index (χ2v) is 12.9. The quantitative estimate of drug-likeness (QED) is 0.0653. The molecule has 1 amide bonds. The number of benzene rings is 2. The number of carbonyl (C=O) groups excluding carboxylic acids is 2. The Kier molecular flexibility index (Phi) is 11.8. The van der Waals surface area contributed by atoms with Crippen LogP contribution in [0, 0.1) is 0 Å². The molecule has 0 saturated carbocycles. The van der Waals surface area contributed by atoms with Gasteiger partial charge < -0.3 is 20.4 Å². The molecule has 0 bridgehead atoms. The molecule has 8 heteroatoms. The van der Waals surface area contributed by atoms with E-state index in [0.29, 0.717) is 23.7 Å². The normalized spacial score (nSPS) is 13.5. The number of esters is 1. The van der Waals surface area contributed by atoms with Gasteiger partial charge in [-0.1, -0.05) is 63.5 Å². The number of fused-ring (bicyclic) bond motifs is 3. The number of ether oxygens (including phenoxy) is 1. The zero-order chi connectivity index (χ0) is 31.6. The summed E-state index contributed by atoms with van der Waals surface area (Å²) in [5, 5.41) is 9.38. The molecule has 2 heterocycles. The van der Waals surface area contributed by atoms with E-state index in [2.05, 4.69) is 22.5 Å². The topological polar surface area (TPSA) is 96.1 Å². The maximum Gasteiger partial charge on any atom is 0.313 e. The van der Waals surface area contributed by atoms with Gasteiger partial charge in [-0.2, -0.15) is 0 Å². The third-order valence-electron chi connectivity index (χ3n) is 8.88. The molecule has 0 radical (unpaired) electrons. The predicted octanol–water partition coefficient (Wildman–Crippen LogP) is 8.84. The summed E-state index contributed by atoms with van der Waals surface area (Å²) in [4.78, 5) is 33.1. The summed E-state index contributed by atoms with van der Waals surface area (Å²) in [6.45, 7) is 4.31. The number of aromatic nitrogens is 2. The largest absolute Gasteiger partial charge is 0.426 e. The zero-order valence-corrected chi connectivity index (χ0v) is 27.5. The van der Waals surface area contributed by atoms with Gasteiger partial charge in [0.2, 0.25) is 5.91 Å². The van der Waals surface area contributed by atoms with Gasteiger partial charge in [0.25, 0.3) is 0 Å². The van der Waals surface area contributed by atoms with Crippen molar-refractivity contribution in [3.63, 3.8) is 0 Å². The second kappa shape index (κ2) is 16.1. The first-order valence-corrected chi connectivity index (χ1v) is 17.2. The number of carbonyl (C=O) groups is 2. The minimum Gasteiger partial charge on any atom is -0.426 e. The van der Waals surface area contributed by atoms with Crippen molar-refractivity contribution in [2.45, 2.75) is 110 Å². The highest BCUT2D eigenvalue weighted by Gasteiger charge is 2.23. The van der Waals surface area contributed by atoms with Crippen LogP contribution in [-0.4, -0.2) is 34.4 Å². The summed E-state index contributed by atoms with van der Waals surface area (Å²) in [5.74, 6) is 0.226. The average Bonchev–Trinajstić information content (AvgIpc) is 3.42. The van der Waals surface area contributed by atoms with Gasteiger partial charge in [0, 0.05) is 58.4 Å². The Labute approximate surface area is 271 Å². The van der Waals surface area contributed by atoms with E-state index in [0.717, 1.165) is 83.7 Å². The highest BCUT2D eigenvalue weighted by atomic mass is 35.5. The van der Waals surface area contributed by atoms with E-state index < -0.39 is 0 Å². The Morgan fingerprint density at radius 2 is 1.80 bits per heavy atom. The summed E-state index contributed by atoms with van der Waals surface area (Å²) in [5.41, 5.74) is 6.48. The number of unbranched alkanes of at least 4 members (excludes halogenated alkanes) is 6. The number of aryl methyl sites for hydroxylation is 1. The van der Waals surface area contributed by atoms with Crippen molar-refractivity contribution in [2.75, 3.05) is 11.9 Å². The number of pyridine rings is 1. The fourth-order valence-corrected chi connectivity index (χ4v) is 6.69. The lowest BCUT2D eigenvalue weighted by Gasteiger charge is -2.26. The molecule has 240 valence electrons. The number of aromatic amines is 1. The lowest BCUT2D eigenvalue weighted by atomic mass is 9.92. The van der Waals surface area contributed by atoms with E-state index in [1.165, 1.54) is 44.6 Å². The molecule has 0 aliphatic heterocycles. The van der Waals surface area contributed by atoms with Crippen LogP contribution < -0.4 is 15.4 Å². The first-order chi connectivity index (χ1) is 21.9. The molecule has 5 rings (SSSR count). The Morgan fingerprint density at radius 3 is 2.62 bits per heavy atom. The lowest BCUT2D eigenvalue weighted by Crippen LogP contribution is -2.27. The van der Waals surface area contributed by atoms with Gasteiger partial charge in [0.05, 0.1) is 11.9 Å². The van der Waals surface area contributed by atoms with Crippen LogP contribution in [-0.2, 0) is 28.9 Å². The van der Waals surface area contributed by atoms with Crippen LogP contribution in [0.5, 0.6) is 5.75 Å². The van der Waals surface area contributed by atoms with Crippen LogP contribution in [0.15, 0.2) is 42.6 Å². The fraction of sp³-hybridized carbons (Fsp3) is 0.486. The highest BCUT2D eigenvalue weighted by molar-refractivity contribution is 6.31. The van der Waals surface area contributed by atoms with Crippen molar-refractivity contribution in [1.29, 1.82) is 0 Å². The lowest BCUT2D eigenvalue weighted by molar-refractivity contribution is -0.134. The van der Waals surface area contributed by atoms with Crippen molar-refractivity contribution in [3.05, 3.63) is 64.4 Å². The summed E-state index contributed by atoms with van der Waals surface area (Å²) in [7, 11) is 0. The standard InChI is InChI=1S/C37H47ClN4O3/c1-3-4-5-6-7-8-9-12-28(41-37-30-13-10-11-14-34(30)42-35-17-15-27(38)21-32(35)37)22-36(44)45-29-16-18-33-31(23-29)26(24-40-33)19-20-39-25(2)43/h15-18,21,23-24,28,40H,3-14,19-20,22H2,1-2H3,(H,39,43)(H,41,42). The third kappa shape index (κ3) is 9.00. The Hall–Kier alpha value is -3.58. The van der Waals surface area contributed by atoms with Crippen LogP contribution in [0.3, 0.4) is 0 Å². The first kappa shape index (κ1) is 32.8. The minimum atomic E-state index is -0.254. The molecule has 0 saturated heterocycles. The highest BCUT2D eigenvalue weighted by Crippen LogP contribution is 2.36. The van der Waals surface area contributed by atoms with Crippen molar-refractivity contribution in [3.8, 4) is 5.75 Å². The smallest absolute Gasteiger partial charge is 0.313 e. The van der Waals surface area contributed by atoms with Gasteiger partial charge in [0.15, 0.2) is 0 Å². The van der Waals surface area contributed by atoms with E-state index in [1.54, 1.807) is 0 Å². The average molecular weight is 631 g/mol. The maximum absolute atomic E-state index is 13.5. The summed E-state index contributed by atoms with van der Waals surface area (Å²) in [6.07, 6.45) is 16.5. The van der Waals surface area contributed by atoms with Crippen molar-refractivity contribution in [2.24, 2.45) is 0 Å². The van der Waals surface area contributed by atoms with Crippen LogP contribution in [0.1, 0.15) is 101 Å². The Morgan fingerprint density at radius 1 is 1.00 bits per heavy atom. The second-order valence-electron chi connectivity index (χ2n) is 12.5. The molecule has 1 atom stereocenters. The van der Waals surface area contributed by atoms with E-state index in [-0.39, 0.29) is 24.3 Å². The molecule has 3 N–H and O–H groups in total. The van der Waals surface area contributed by atoms with Crippen molar-refractivity contribution >= 4 is 51.0 Å². The minimum absolute atomic E-state index is 0.0486. The molecule has 45 heavy (non-hydrogen) atoms. The van der Waals surface area contributed by atoms with Gasteiger partial charge in [-0.15, -0.1) is 0 Å². The van der Waals surface area contributed by atoms with Gasteiger partial charge >= 0.3 is 5.97 Å². The van der Waals surface area contributed by atoms with Crippen LogP contribution >= 0.6 is 11.6 Å². The number of nitrogens with one attached hydrogen (secondary N) is 3. The number of amides is 1. The van der Waals surface area contributed by atoms with E-state index in [1.807, 2.05) is 42.6 Å². The molecule has 4 aromatic rings. The molecule has 7 nitrogen and oxygen atoms in total. The predicted molar refractivity (Wildman–Crippen MR) is 184 cm³/mol. The number of halogens is 1. The molecule has 1 aliphatic carbocycles. The molecule has 1 unspecified atom stereocenters. The summed E-state index contributed by atoms with van der Waals surface area (Å²) < 4.78 is 5.95. The Balaban J connectivity index is 1.33. The van der Waals surface area contributed by atoms with E-state index in [4.69, 9.17) is 21.3 Å². The molecular formula is C37H47ClN4O3. The van der Waals surface area contributed by atoms with Gasteiger partial charge in [0.1, 0.15) is 5.75 Å². The fourth-order valence-electron chi connectivity index (χ4n) is 6.51. The maximum atomic E-state index is 13.5. The van der Waals surface area contributed by atoms with Crippen LogP contribution in [0.25, 0.3) is 21.8 Å². The summed E-state index contributed by atoms with van der Waals surface area (Å²) in [6, 6.07) is 11.5. The summed E-state index contributed by atoms with van der Waals surface area (Å²) >= 11 is 6.48. The third-order valence-corrected chi connectivity index (χ3v) is 9.12. The number of nitrogens with zero attached hydrogens (tertiary/aromatic N) is 1. The SMILES string of the molecule is CCCCCCCCCC(CC(=O)Oc1ccc2[nH]cc(CCNC(C)=O)c2c1)Nc1c2c(nc3ccc(Cl)cc13)CCCC2. The van der Waals surface area contributed by atoms with Crippen LogP contribution in [0.2, 0.25) is 5.02 Å². The van der Waals surface area contributed by atoms with Gasteiger partial charge in [-0.05, 0) is 86.1 Å². The van der Waals surface area contributed by atoms with Gasteiger partial charge in [-0.25, -0.2) is 0 Å². The molecule has 2 aromatic heterocycles. The van der Waals surface area contributed by atoms with Crippen LogP contribution in [0.4, 0.5) is 5.69 Å². The number of hydrogen-bond donors (Lipinski definition) is 3. The van der Waals surface area contributed by atoms with E-state index in [9.17, 15) is 9.59 Å². The molecule has 1 aliphatic rings. The molecular weight excluding hydrogens is 584 g/mol. The Bertz CT molecular complexity index is 1610. The zero-order valence-electron chi connectivity index (χ0n) is 26.8. The van der Waals surface area contributed by atoms with Crippen molar-refractivity contribution in [1.82, 2.24) is 15.3 Å². The molecule has 0 spiro atoms. The number of anilines is 1. The first-order valence-electron chi connectivity index (χ1n) is 16.8. The number of rotatable bonds is 16. The monoisotopic (exact) mass is 630 g/mol. The van der Waals surface area contributed by atoms with Gasteiger partial charge in [-0.3, -0.25) is 14.6 Å².